The van der Waals surface area contributed by atoms with E-state index in [4.69, 9.17) is 4.74 Å². The first-order chi connectivity index (χ1) is 17.0. The summed E-state index contributed by atoms with van der Waals surface area (Å²) in [4.78, 5) is 27.5. The average Bonchev–Trinajstić information content (AvgIpc) is 3.47. The molecule has 4 aromatic rings. The van der Waals surface area contributed by atoms with Gasteiger partial charge in [-0.2, -0.15) is 0 Å². The molecule has 2 fully saturated rings. The van der Waals surface area contributed by atoms with Gasteiger partial charge in [-0.3, -0.25) is 0 Å². The SMILES string of the molecule is CCC1(F)CN(C(=O)C2CC2)CCI1Nc1nc(OC)c2c(-c3cnc4nccn4c3)ccn2n1. The van der Waals surface area contributed by atoms with Crippen molar-refractivity contribution in [2.75, 3.05) is 28.2 Å². The number of hydrogen-bond acceptors (Lipinski definition) is 7. The monoisotopic (exact) mass is 592 g/mol. The third kappa shape index (κ3) is 3.96. The van der Waals surface area contributed by atoms with E-state index in [0.29, 0.717) is 40.5 Å². The van der Waals surface area contributed by atoms with Gasteiger partial charge in [0.05, 0.1) is 0 Å². The van der Waals surface area contributed by atoms with Crippen LogP contribution >= 0.6 is 20.1 Å². The van der Waals surface area contributed by atoms with Crippen molar-refractivity contribution in [2.24, 2.45) is 5.92 Å². The number of fused-ring (bicyclic) bond motifs is 2. The second-order valence-electron chi connectivity index (χ2n) is 8.83. The molecule has 1 saturated carbocycles. The molecule has 35 heavy (non-hydrogen) atoms. The molecule has 0 bridgehead atoms. The van der Waals surface area contributed by atoms with Crippen molar-refractivity contribution in [3.05, 3.63) is 37.1 Å². The Labute approximate surface area is 208 Å². The van der Waals surface area contributed by atoms with Crippen molar-refractivity contribution in [1.82, 2.24) is 33.9 Å². The van der Waals surface area contributed by atoms with Gasteiger partial charge in [0, 0.05) is 0 Å². The number of nitrogens with one attached hydrogen (secondary N) is 1. The van der Waals surface area contributed by atoms with Gasteiger partial charge in [0.15, 0.2) is 0 Å². The van der Waals surface area contributed by atoms with Crippen LogP contribution < -0.4 is 8.27 Å². The number of hydrogen-bond donors (Lipinski definition) is 1. The first kappa shape index (κ1) is 22.4. The fraction of sp³-hybridized carbons (Fsp3) is 0.435. The van der Waals surface area contributed by atoms with Crippen LogP contribution in [0.4, 0.5) is 10.3 Å². The van der Waals surface area contributed by atoms with Crippen molar-refractivity contribution in [2.45, 2.75) is 29.9 Å². The van der Waals surface area contributed by atoms with Gasteiger partial charge in [-0.15, -0.1) is 0 Å². The quantitative estimate of drug-likeness (QED) is 0.208. The molecule has 2 aliphatic rings. The molecule has 6 rings (SSSR count). The van der Waals surface area contributed by atoms with Crippen LogP contribution in [0.1, 0.15) is 26.2 Å². The van der Waals surface area contributed by atoms with Crippen molar-refractivity contribution in [3.8, 4) is 17.0 Å². The molecule has 1 amide bonds. The molecule has 10 nitrogen and oxygen atoms in total. The van der Waals surface area contributed by atoms with E-state index < -0.39 is 23.8 Å². The zero-order valence-corrected chi connectivity index (χ0v) is 21.6. The minimum absolute atomic E-state index is 0.104. The molecule has 5 heterocycles. The number of carbonyl (C=O) groups is 1. The molecule has 184 valence electrons. The maximum absolute atomic E-state index is 16.1. The molecule has 1 saturated heterocycles. The topological polar surface area (TPSA) is 102 Å². The number of halogens is 2. The number of imidazole rings is 1. The number of rotatable bonds is 6. The number of alkyl halides is 3. The third-order valence-electron chi connectivity index (χ3n) is 6.56. The summed E-state index contributed by atoms with van der Waals surface area (Å²) in [5.41, 5.74) is 2.45. The Hall–Kier alpha value is -3.03. The molecule has 0 aromatic carbocycles. The number of ether oxygens (including phenoxy) is 1. The summed E-state index contributed by atoms with van der Waals surface area (Å²) in [7, 11) is 1.56. The van der Waals surface area contributed by atoms with Crippen LogP contribution in [0.5, 0.6) is 5.88 Å². The maximum atomic E-state index is 16.1. The number of carbonyl (C=O) groups excluding carboxylic acids is 1. The Morgan fingerprint density at radius 3 is 2.97 bits per heavy atom. The van der Waals surface area contributed by atoms with E-state index >= 15 is 4.39 Å². The molecule has 1 unspecified atom stereocenters. The van der Waals surface area contributed by atoms with E-state index in [0.717, 1.165) is 24.0 Å². The molecule has 12 heteroatoms. The van der Waals surface area contributed by atoms with Gasteiger partial charge in [-0.05, 0) is 0 Å². The summed E-state index contributed by atoms with van der Waals surface area (Å²) < 4.78 is 27.8. The van der Waals surface area contributed by atoms with Crippen LogP contribution in [0, 0.1) is 5.92 Å². The Morgan fingerprint density at radius 1 is 1.34 bits per heavy atom. The molecule has 1 aliphatic carbocycles. The van der Waals surface area contributed by atoms with Gasteiger partial charge in [0.1, 0.15) is 0 Å². The number of aromatic nitrogens is 6. The summed E-state index contributed by atoms with van der Waals surface area (Å²) in [6.07, 6.45) is 11.3. The van der Waals surface area contributed by atoms with E-state index in [2.05, 4.69) is 23.6 Å². The van der Waals surface area contributed by atoms with Crippen LogP contribution in [0.2, 0.25) is 0 Å². The first-order valence-electron chi connectivity index (χ1n) is 11.6. The van der Waals surface area contributed by atoms with Crippen LogP contribution in [0.3, 0.4) is 0 Å². The standard InChI is InChI=1S/C23H26FIN8O2/c1-3-23(24)14-32(20(34)15-4-5-15)10-7-25(23)29-21-28-19(35-2)18-17(6-9-33(18)30-21)16-12-27-22-26-8-11-31(22)13-16/h6,8-9,11-13,15H,3-5,7,10,14H2,1-2H3,(H,29,30). The molecule has 0 spiro atoms. The Kier molecular flexibility index (Phi) is 5.49. The van der Waals surface area contributed by atoms with Gasteiger partial charge in [-0.1, -0.05) is 0 Å². The van der Waals surface area contributed by atoms with E-state index in [-0.39, 0.29) is 18.4 Å². The Balaban J connectivity index is 1.30. The van der Waals surface area contributed by atoms with Gasteiger partial charge in [-0.25, -0.2) is 0 Å². The van der Waals surface area contributed by atoms with Crippen LogP contribution in [-0.4, -0.2) is 68.1 Å². The summed E-state index contributed by atoms with van der Waals surface area (Å²) in [6.45, 7) is 2.61. The van der Waals surface area contributed by atoms with Crippen LogP contribution in [0.25, 0.3) is 22.4 Å². The second kappa shape index (κ2) is 8.57. The summed E-state index contributed by atoms with van der Waals surface area (Å²) in [5, 5.41) is 4.64. The summed E-state index contributed by atoms with van der Waals surface area (Å²) >= 11 is -2.40. The summed E-state index contributed by atoms with van der Waals surface area (Å²) in [6, 6.07) is 1.93. The third-order valence-corrected chi connectivity index (χ3v) is 12.7. The molecule has 1 aliphatic heterocycles. The first-order valence-corrected chi connectivity index (χ1v) is 15.3. The molecule has 0 radical (unpaired) electrons. The molecule has 1 atom stereocenters. The van der Waals surface area contributed by atoms with Gasteiger partial charge < -0.3 is 0 Å². The minimum atomic E-state index is -2.40. The molecular formula is C23H26FIN8O2. The van der Waals surface area contributed by atoms with Crippen molar-refractivity contribution in [3.63, 3.8) is 0 Å². The number of amides is 1. The second-order valence-corrected chi connectivity index (χ2v) is 14.4. The number of anilines is 1. The van der Waals surface area contributed by atoms with E-state index in [1.807, 2.05) is 36.0 Å². The average molecular weight is 592 g/mol. The van der Waals surface area contributed by atoms with Crippen molar-refractivity contribution >= 4 is 43.2 Å². The van der Waals surface area contributed by atoms with Gasteiger partial charge in [0.25, 0.3) is 0 Å². The Morgan fingerprint density at radius 2 is 2.20 bits per heavy atom. The Bertz CT molecular complexity index is 1420. The van der Waals surface area contributed by atoms with E-state index in [9.17, 15) is 4.79 Å². The predicted octanol–water partition coefficient (Wildman–Crippen LogP) is 3.61. The predicted molar refractivity (Wildman–Crippen MR) is 137 cm³/mol. The normalized spacial score (nSPS) is 21.6. The van der Waals surface area contributed by atoms with E-state index in [1.165, 1.54) is 0 Å². The molecular weight excluding hydrogens is 566 g/mol. The van der Waals surface area contributed by atoms with Gasteiger partial charge in [0.2, 0.25) is 0 Å². The van der Waals surface area contributed by atoms with Gasteiger partial charge >= 0.3 is 209 Å². The van der Waals surface area contributed by atoms with Crippen LogP contribution in [-0.2, 0) is 4.79 Å². The zero-order chi connectivity index (χ0) is 24.2. The zero-order valence-electron chi connectivity index (χ0n) is 19.5. The van der Waals surface area contributed by atoms with Crippen molar-refractivity contribution in [1.29, 1.82) is 0 Å². The fourth-order valence-electron chi connectivity index (χ4n) is 4.43. The summed E-state index contributed by atoms with van der Waals surface area (Å²) in [5.74, 6) is 1.58. The van der Waals surface area contributed by atoms with E-state index in [1.54, 1.807) is 28.9 Å². The van der Waals surface area contributed by atoms with Crippen molar-refractivity contribution < 1.29 is 13.9 Å². The fourth-order valence-corrected chi connectivity index (χ4v) is 9.77. The molecule has 4 aromatic heterocycles. The molecule has 1 N–H and O–H groups in total. The number of nitrogens with zero attached hydrogens (tertiary/aromatic N) is 7. The van der Waals surface area contributed by atoms with Crippen LogP contribution in [0.15, 0.2) is 37.1 Å². The number of methoxy groups -OCH3 is 1.